The fourth-order valence-corrected chi connectivity index (χ4v) is 1.84. The third-order valence-corrected chi connectivity index (χ3v) is 2.53. The highest BCUT2D eigenvalue weighted by Gasteiger charge is 2.09. The predicted octanol–water partition coefficient (Wildman–Crippen LogP) is 0.950. The summed E-state index contributed by atoms with van der Waals surface area (Å²) in [5.41, 5.74) is 0. The van der Waals surface area contributed by atoms with E-state index >= 15 is 0 Å². The molecule has 0 bridgehead atoms. The quantitative estimate of drug-likeness (QED) is 0.487. The van der Waals surface area contributed by atoms with Crippen LogP contribution in [0.5, 0.6) is 0 Å². The van der Waals surface area contributed by atoms with Crippen molar-refractivity contribution < 1.29 is 0 Å². The Morgan fingerprint density at radius 2 is 2.10 bits per heavy atom. The van der Waals surface area contributed by atoms with Crippen molar-refractivity contribution >= 4 is 11.9 Å². The van der Waals surface area contributed by atoms with E-state index in [0.717, 1.165) is 0 Å². The average molecular weight is 160 g/mol. The number of likely N-dealkylation sites (tertiary alicyclic amines) is 1. The van der Waals surface area contributed by atoms with E-state index in [-0.39, 0.29) is 0 Å². The van der Waals surface area contributed by atoms with Crippen molar-refractivity contribution in [1.29, 1.82) is 0 Å². The third-order valence-electron chi connectivity index (χ3n) is 1.85. The smallest absolute Gasteiger partial charge is 0.0206 e. The van der Waals surface area contributed by atoms with Crippen LogP contribution in [0.15, 0.2) is 0 Å². The Morgan fingerprint density at radius 1 is 1.40 bits per heavy atom. The number of nitrogens with one attached hydrogen (secondary N) is 1. The second-order valence-corrected chi connectivity index (χ2v) is 3.71. The lowest BCUT2D eigenvalue weighted by molar-refractivity contribution is 0.362. The summed E-state index contributed by atoms with van der Waals surface area (Å²) < 4.78 is 3.08. The van der Waals surface area contributed by atoms with E-state index in [9.17, 15) is 0 Å². The number of hydrogen-bond acceptors (Lipinski definition) is 3. The van der Waals surface area contributed by atoms with Gasteiger partial charge in [-0.2, -0.15) is 0 Å². The molecule has 0 aromatic heterocycles. The van der Waals surface area contributed by atoms with E-state index in [1.165, 1.54) is 38.2 Å². The number of rotatable bonds is 4. The lowest BCUT2D eigenvalue weighted by Crippen LogP contribution is -2.22. The summed E-state index contributed by atoms with van der Waals surface area (Å²) in [6, 6.07) is 0. The van der Waals surface area contributed by atoms with Crippen LogP contribution in [-0.2, 0) is 0 Å². The van der Waals surface area contributed by atoms with Crippen molar-refractivity contribution in [3.63, 3.8) is 0 Å². The van der Waals surface area contributed by atoms with E-state index in [1.54, 1.807) is 11.9 Å². The third kappa shape index (κ3) is 2.90. The maximum absolute atomic E-state index is 3.08. The van der Waals surface area contributed by atoms with Gasteiger partial charge in [-0.05, 0) is 33.0 Å². The lowest BCUT2D eigenvalue weighted by atomic mass is 10.4. The van der Waals surface area contributed by atoms with Gasteiger partial charge >= 0.3 is 0 Å². The van der Waals surface area contributed by atoms with Gasteiger partial charge in [0.05, 0.1) is 0 Å². The molecule has 1 fully saturated rings. The van der Waals surface area contributed by atoms with Crippen LogP contribution in [0.2, 0.25) is 0 Å². The van der Waals surface area contributed by atoms with Crippen LogP contribution in [-0.4, -0.2) is 37.3 Å². The van der Waals surface area contributed by atoms with E-state index in [0.29, 0.717) is 0 Å². The molecule has 1 rings (SSSR count). The van der Waals surface area contributed by atoms with Crippen LogP contribution < -0.4 is 4.72 Å². The minimum Gasteiger partial charge on any atom is -0.302 e. The normalized spacial score (nSPS) is 20.1. The SMILES string of the molecule is CNSCCN1CCCC1. The van der Waals surface area contributed by atoms with Gasteiger partial charge in [-0.15, -0.1) is 0 Å². The van der Waals surface area contributed by atoms with Gasteiger partial charge in [0.1, 0.15) is 0 Å². The first-order chi connectivity index (χ1) is 4.93. The first-order valence-electron chi connectivity index (χ1n) is 3.94. The molecule has 0 radical (unpaired) electrons. The van der Waals surface area contributed by atoms with Crippen LogP contribution >= 0.6 is 11.9 Å². The van der Waals surface area contributed by atoms with Crippen molar-refractivity contribution in [1.82, 2.24) is 9.62 Å². The largest absolute Gasteiger partial charge is 0.302 e. The molecule has 1 heterocycles. The topological polar surface area (TPSA) is 15.3 Å². The maximum atomic E-state index is 3.08. The summed E-state index contributed by atoms with van der Waals surface area (Å²) in [6.45, 7) is 3.90. The van der Waals surface area contributed by atoms with Gasteiger partial charge in [-0.25, -0.2) is 0 Å². The van der Waals surface area contributed by atoms with E-state index < -0.39 is 0 Å². The molecule has 0 aliphatic carbocycles. The maximum Gasteiger partial charge on any atom is 0.0206 e. The van der Waals surface area contributed by atoms with Crippen LogP contribution in [0.25, 0.3) is 0 Å². The highest BCUT2D eigenvalue weighted by molar-refractivity contribution is 7.97. The molecule has 0 spiro atoms. The monoisotopic (exact) mass is 160 g/mol. The molecule has 1 saturated heterocycles. The molecule has 0 amide bonds. The summed E-state index contributed by atoms with van der Waals surface area (Å²) >= 11 is 1.80. The summed E-state index contributed by atoms with van der Waals surface area (Å²) in [5, 5.41) is 0. The zero-order chi connectivity index (χ0) is 7.23. The Morgan fingerprint density at radius 3 is 2.70 bits per heavy atom. The van der Waals surface area contributed by atoms with Crippen LogP contribution in [0.3, 0.4) is 0 Å². The molecule has 1 aliphatic rings. The fourth-order valence-electron chi connectivity index (χ4n) is 1.28. The molecule has 0 saturated carbocycles. The van der Waals surface area contributed by atoms with Crippen LogP contribution in [0.1, 0.15) is 12.8 Å². The highest BCUT2D eigenvalue weighted by Crippen LogP contribution is 2.07. The summed E-state index contributed by atoms with van der Waals surface area (Å²) in [4.78, 5) is 2.53. The molecule has 2 nitrogen and oxygen atoms in total. The minimum atomic E-state index is 1.22. The molecular weight excluding hydrogens is 144 g/mol. The second kappa shape index (κ2) is 4.99. The van der Waals surface area contributed by atoms with Gasteiger partial charge in [-0.3, -0.25) is 4.72 Å². The Bertz CT molecular complexity index is 81.7. The van der Waals surface area contributed by atoms with E-state index in [4.69, 9.17) is 0 Å². The van der Waals surface area contributed by atoms with Gasteiger partial charge in [-0.1, -0.05) is 11.9 Å². The highest BCUT2D eigenvalue weighted by atomic mass is 32.2. The molecule has 0 aromatic carbocycles. The van der Waals surface area contributed by atoms with Crippen molar-refractivity contribution in [2.75, 3.05) is 32.4 Å². The molecule has 3 heteroatoms. The van der Waals surface area contributed by atoms with Crippen molar-refractivity contribution in [2.45, 2.75) is 12.8 Å². The summed E-state index contributed by atoms with van der Waals surface area (Å²) in [7, 11) is 1.98. The molecule has 60 valence electrons. The number of nitrogens with zero attached hydrogens (tertiary/aromatic N) is 1. The van der Waals surface area contributed by atoms with Crippen molar-refractivity contribution in [2.24, 2.45) is 0 Å². The fraction of sp³-hybridized carbons (Fsp3) is 1.00. The molecule has 10 heavy (non-hydrogen) atoms. The van der Waals surface area contributed by atoms with Gasteiger partial charge in [0.15, 0.2) is 0 Å². The Kier molecular flexibility index (Phi) is 4.18. The van der Waals surface area contributed by atoms with Crippen molar-refractivity contribution in [3.05, 3.63) is 0 Å². The molecule has 0 atom stereocenters. The molecule has 0 unspecified atom stereocenters. The Labute approximate surface area is 67.5 Å². The average Bonchev–Trinajstić information content (AvgIpc) is 2.41. The van der Waals surface area contributed by atoms with E-state index in [2.05, 4.69) is 9.62 Å². The zero-order valence-electron chi connectivity index (χ0n) is 6.60. The van der Waals surface area contributed by atoms with Gasteiger partial charge in [0, 0.05) is 12.3 Å². The lowest BCUT2D eigenvalue weighted by Gasteiger charge is -2.12. The summed E-state index contributed by atoms with van der Waals surface area (Å²) in [6.07, 6.45) is 2.81. The first-order valence-corrected chi connectivity index (χ1v) is 4.93. The minimum absolute atomic E-state index is 1.22. The second-order valence-electron chi connectivity index (χ2n) is 2.60. The van der Waals surface area contributed by atoms with Crippen LogP contribution in [0.4, 0.5) is 0 Å². The van der Waals surface area contributed by atoms with Crippen LogP contribution in [0, 0.1) is 0 Å². The molecule has 1 aliphatic heterocycles. The number of hydrogen-bond donors (Lipinski definition) is 1. The molecule has 0 aromatic rings. The van der Waals surface area contributed by atoms with Gasteiger partial charge < -0.3 is 4.90 Å². The predicted molar refractivity (Wildman–Crippen MR) is 47.2 cm³/mol. The molecular formula is C7H16N2S. The molecule has 1 N–H and O–H groups in total. The Hall–Kier alpha value is 0.270. The zero-order valence-corrected chi connectivity index (χ0v) is 7.41. The van der Waals surface area contributed by atoms with Gasteiger partial charge in [0.2, 0.25) is 0 Å². The van der Waals surface area contributed by atoms with Crippen molar-refractivity contribution in [3.8, 4) is 0 Å². The summed E-state index contributed by atoms with van der Waals surface area (Å²) in [5.74, 6) is 1.22. The first kappa shape index (κ1) is 8.37. The van der Waals surface area contributed by atoms with Gasteiger partial charge in [0.25, 0.3) is 0 Å². The Balaban J connectivity index is 1.91. The van der Waals surface area contributed by atoms with E-state index in [1.807, 2.05) is 7.05 Å². The standard InChI is InChI=1S/C7H16N2S/c1-8-10-7-6-9-4-2-3-5-9/h8H,2-7H2,1H3.